The van der Waals surface area contributed by atoms with Crippen molar-refractivity contribution in [3.05, 3.63) is 69.2 Å². The normalized spacial score (nSPS) is 10.9. The quantitative estimate of drug-likeness (QED) is 0.635. The number of hydrogen-bond acceptors (Lipinski definition) is 3. The lowest BCUT2D eigenvalue weighted by Crippen LogP contribution is -1.98. The van der Waals surface area contributed by atoms with Gasteiger partial charge in [0.1, 0.15) is 24.0 Å². The molecule has 2 aromatic carbocycles. The van der Waals surface area contributed by atoms with Crippen molar-refractivity contribution in [3.63, 3.8) is 0 Å². The summed E-state index contributed by atoms with van der Waals surface area (Å²) in [4.78, 5) is 10.8. The number of rotatable bonds is 5. The zero-order chi connectivity index (χ0) is 16.8. The number of nitriles is 1. The molecule has 2 aromatic rings. The number of nitrogens with zero attached hydrogens (tertiary/aromatic N) is 1. The van der Waals surface area contributed by atoms with Gasteiger partial charge >= 0.3 is 5.97 Å². The van der Waals surface area contributed by atoms with E-state index in [1.54, 1.807) is 48.5 Å². The molecular formula is C17H11Cl2NO3. The first kappa shape index (κ1) is 16.9. The van der Waals surface area contributed by atoms with E-state index in [0.29, 0.717) is 26.9 Å². The summed E-state index contributed by atoms with van der Waals surface area (Å²) in [7, 11) is 0. The minimum Gasteiger partial charge on any atom is -0.489 e. The zero-order valence-electron chi connectivity index (χ0n) is 11.8. The highest BCUT2D eigenvalue weighted by molar-refractivity contribution is 6.35. The molecule has 116 valence electrons. The van der Waals surface area contributed by atoms with E-state index in [2.05, 4.69) is 0 Å². The van der Waals surface area contributed by atoms with E-state index in [1.807, 2.05) is 0 Å². The van der Waals surface area contributed by atoms with Crippen LogP contribution in [0.25, 0.3) is 6.08 Å². The number of carboxylic acid groups (broad SMARTS) is 1. The lowest BCUT2D eigenvalue weighted by atomic mass is 10.1. The van der Waals surface area contributed by atoms with Crippen molar-refractivity contribution in [1.29, 1.82) is 5.26 Å². The molecule has 0 unspecified atom stereocenters. The molecule has 0 fully saturated rings. The molecule has 0 aromatic heterocycles. The Labute approximate surface area is 143 Å². The van der Waals surface area contributed by atoms with E-state index in [0.717, 1.165) is 0 Å². The average molecular weight is 348 g/mol. The van der Waals surface area contributed by atoms with Gasteiger partial charge in [-0.25, -0.2) is 4.79 Å². The third-order valence-electron chi connectivity index (χ3n) is 2.99. The van der Waals surface area contributed by atoms with E-state index in [1.165, 1.54) is 6.08 Å². The summed E-state index contributed by atoms with van der Waals surface area (Å²) in [6.45, 7) is 0.215. The van der Waals surface area contributed by atoms with Gasteiger partial charge in [0, 0.05) is 15.6 Å². The molecule has 0 heterocycles. The molecule has 23 heavy (non-hydrogen) atoms. The molecule has 0 aliphatic carbocycles. The third-order valence-corrected chi connectivity index (χ3v) is 3.70. The van der Waals surface area contributed by atoms with Crippen LogP contribution in [0.5, 0.6) is 5.75 Å². The summed E-state index contributed by atoms with van der Waals surface area (Å²) < 4.78 is 5.62. The van der Waals surface area contributed by atoms with Gasteiger partial charge in [0.25, 0.3) is 0 Å². The largest absolute Gasteiger partial charge is 0.489 e. The number of ether oxygens (including phenoxy) is 1. The van der Waals surface area contributed by atoms with Crippen molar-refractivity contribution >= 4 is 35.2 Å². The number of carbonyl (C=O) groups is 1. The minimum atomic E-state index is -1.26. The van der Waals surface area contributed by atoms with E-state index >= 15 is 0 Å². The number of aliphatic carboxylic acids is 1. The van der Waals surface area contributed by atoms with Gasteiger partial charge < -0.3 is 9.84 Å². The standard InChI is InChI=1S/C17H11Cl2NO3/c18-15-2-1-3-16(19)14(15)10-23-13-6-4-11(5-7-13)8-12(9-20)17(21)22/h1-8H,10H2,(H,21,22). The fraction of sp³-hybridized carbons (Fsp3) is 0.0588. The first-order valence-electron chi connectivity index (χ1n) is 6.52. The van der Waals surface area contributed by atoms with Crippen LogP contribution in [0.1, 0.15) is 11.1 Å². The van der Waals surface area contributed by atoms with Gasteiger partial charge in [-0.15, -0.1) is 0 Å². The van der Waals surface area contributed by atoms with Crippen LogP contribution in [0.2, 0.25) is 10.0 Å². The highest BCUT2D eigenvalue weighted by Crippen LogP contribution is 2.26. The molecule has 0 aliphatic rings. The lowest BCUT2D eigenvalue weighted by molar-refractivity contribution is -0.132. The maximum atomic E-state index is 10.8. The molecule has 0 amide bonds. The fourth-order valence-corrected chi connectivity index (χ4v) is 2.30. The topological polar surface area (TPSA) is 70.3 Å². The van der Waals surface area contributed by atoms with Crippen LogP contribution in [-0.4, -0.2) is 11.1 Å². The lowest BCUT2D eigenvalue weighted by Gasteiger charge is -2.09. The van der Waals surface area contributed by atoms with Gasteiger partial charge in [-0.3, -0.25) is 0 Å². The van der Waals surface area contributed by atoms with Crippen LogP contribution >= 0.6 is 23.2 Å². The highest BCUT2D eigenvalue weighted by Gasteiger charge is 2.07. The van der Waals surface area contributed by atoms with Gasteiger partial charge in [-0.2, -0.15) is 5.26 Å². The predicted molar refractivity (Wildman–Crippen MR) is 88.5 cm³/mol. The second-order valence-electron chi connectivity index (χ2n) is 4.53. The molecule has 0 atom stereocenters. The summed E-state index contributed by atoms with van der Waals surface area (Å²) in [5, 5.41) is 18.6. The van der Waals surface area contributed by atoms with E-state index < -0.39 is 5.97 Å². The Bertz CT molecular complexity index is 772. The van der Waals surface area contributed by atoms with Crippen LogP contribution in [0.4, 0.5) is 0 Å². The van der Waals surface area contributed by atoms with Crippen molar-refractivity contribution in [3.8, 4) is 11.8 Å². The van der Waals surface area contributed by atoms with Crippen molar-refractivity contribution < 1.29 is 14.6 Å². The Hall–Kier alpha value is -2.48. The van der Waals surface area contributed by atoms with E-state index in [4.69, 9.17) is 38.3 Å². The first-order chi connectivity index (χ1) is 11.0. The van der Waals surface area contributed by atoms with Gasteiger partial charge in [0.15, 0.2) is 0 Å². The summed E-state index contributed by atoms with van der Waals surface area (Å²) >= 11 is 12.1. The summed E-state index contributed by atoms with van der Waals surface area (Å²) in [5.74, 6) is -0.687. The van der Waals surface area contributed by atoms with Crippen molar-refractivity contribution in [2.75, 3.05) is 0 Å². The van der Waals surface area contributed by atoms with Crippen molar-refractivity contribution in [1.82, 2.24) is 0 Å². The van der Waals surface area contributed by atoms with E-state index in [-0.39, 0.29) is 12.2 Å². The minimum absolute atomic E-state index is 0.215. The van der Waals surface area contributed by atoms with Gasteiger partial charge in [-0.05, 0) is 35.9 Å². The third kappa shape index (κ3) is 4.49. The van der Waals surface area contributed by atoms with Crippen molar-refractivity contribution in [2.45, 2.75) is 6.61 Å². The summed E-state index contributed by atoms with van der Waals surface area (Å²) in [6, 6.07) is 13.5. The predicted octanol–water partition coefficient (Wildman–Crippen LogP) is 4.56. The molecule has 0 radical (unpaired) electrons. The van der Waals surface area contributed by atoms with Gasteiger partial charge in [0.2, 0.25) is 0 Å². The number of hydrogen-bond donors (Lipinski definition) is 1. The molecule has 2 rings (SSSR count). The maximum absolute atomic E-state index is 10.8. The second kappa shape index (κ2) is 7.68. The molecule has 1 N–H and O–H groups in total. The van der Waals surface area contributed by atoms with Gasteiger partial charge in [0.05, 0.1) is 0 Å². The number of benzene rings is 2. The molecule has 4 nitrogen and oxygen atoms in total. The van der Waals surface area contributed by atoms with E-state index in [9.17, 15) is 4.79 Å². The molecule has 0 spiro atoms. The molecule has 0 saturated heterocycles. The maximum Gasteiger partial charge on any atom is 0.346 e. The Morgan fingerprint density at radius 1 is 1.17 bits per heavy atom. The molecule has 0 aliphatic heterocycles. The number of halogens is 2. The highest BCUT2D eigenvalue weighted by atomic mass is 35.5. The Morgan fingerprint density at radius 3 is 2.30 bits per heavy atom. The Morgan fingerprint density at radius 2 is 1.78 bits per heavy atom. The number of carboxylic acids is 1. The van der Waals surface area contributed by atoms with Crippen LogP contribution < -0.4 is 4.74 Å². The molecular weight excluding hydrogens is 337 g/mol. The fourth-order valence-electron chi connectivity index (χ4n) is 1.79. The smallest absolute Gasteiger partial charge is 0.346 e. The second-order valence-corrected chi connectivity index (χ2v) is 5.35. The Kier molecular flexibility index (Phi) is 5.64. The SMILES string of the molecule is N#CC(=Cc1ccc(OCc2c(Cl)cccc2Cl)cc1)C(=O)O. The van der Waals surface area contributed by atoms with Crippen LogP contribution in [0.3, 0.4) is 0 Å². The Balaban J connectivity index is 2.09. The van der Waals surface area contributed by atoms with Crippen molar-refractivity contribution in [2.24, 2.45) is 0 Å². The van der Waals surface area contributed by atoms with Crippen LogP contribution in [0, 0.1) is 11.3 Å². The zero-order valence-corrected chi connectivity index (χ0v) is 13.3. The molecule has 0 saturated carbocycles. The van der Waals surface area contributed by atoms with Gasteiger partial charge in [-0.1, -0.05) is 41.4 Å². The molecule has 0 bridgehead atoms. The van der Waals surface area contributed by atoms with Crippen LogP contribution in [0.15, 0.2) is 48.0 Å². The molecule has 6 heteroatoms. The first-order valence-corrected chi connectivity index (χ1v) is 7.27. The summed E-state index contributed by atoms with van der Waals surface area (Å²) in [5.41, 5.74) is 0.950. The monoisotopic (exact) mass is 347 g/mol. The summed E-state index contributed by atoms with van der Waals surface area (Å²) in [6.07, 6.45) is 1.29. The van der Waals surface area contributed by atoms with Crippen LogP contribution in [-0.2, 0) is 11.4 Å². The average Bonchev–Trinajstić information content (AvgIpc) is 2.53.